The number of pyridine rings is 1. The highest BCUT2D eigenvalue weighted by Gasteiger charge is 2.27. The summed E-state index contributed by atoms with van der Waals surface area (Å²) in [6.07, 6.45) is 4.25. The van der Waals surface area contributed by atoms with E-state index in [1.807, 2.05) is 13.2 Å². The van der Waals surface area contributed by atoms with Gasteiger partial charge in [-0.05, 0) is 17.4 Å². The number of hydrogen-bond donors (Lipinski definition) is 2. The van der Waals surface area contributed by atoms with Crippen LogP contribution in [0.25, 0.3) is 10.8 Å². The predicted molar refractivity (Wildman–Crippen MR) is 136 cm³/mol. The molecular weight excluding hydrogens is 489 g/mol. The Labute approximate surface area is 197 Å². The number of benzene rings is 1. The molecule has 1 aliphatic heterocycles. The summed E-state index contributed by atoms with van der Waals surface area (Å²) in [5, 5.41) is 9.40. The molecular formula is C23H36IN5O. The van der Waals surface area contributed by atoms with Gasteiger partial charge in [-0.15, -0.1) is 24.0 Å². The van der Waals surface area contributed by atoms with Gasteiger partial charge in [0.05, 0.1) is 25.5 Å². The van der Waals surface area contributed by atoms with E-state index in [1.165, 1.54) is 23.6 Å². The first kappa shape index (κ1) is 24.8. The van der Waals surface area contributed by atoms with E-state index >= 15 is 0 Å². The molecule has 3 rings (SSSR count). The van der Waals surface area contributed by atoms with Crippen LogP contribution in [0.1, 0.15) is 32.4 Å². The van der Waals surface area contributed by atoms with Crippen molar-refractivity contribution in [1.82, 2.24) is 20.5 Å². The van der Waals surface area contributed by atoms with Gasteiger partial charge in [0.1, 0.15) is 0 Å². The van der Waals surface area contributed by atoms with Crippen molar-refractivity contribution in [2.24, 2.45) is 10.9 Å². The predicted octanol–water partition coefficient (Wildman–Crippen LogP) is 3.65. The number of nitrogens with one attached hydrogen (secondary N) is 2. The highest BCUT2D eigenvalue weighted by molar-refractivity contribution is 14.0. The Morgan fingerprint density at radius 3 is 2.57 bits per heavy atom. The van der Waals surface area contributed by atoms with E-state index in [4.69, 9.17) is 4.74 Å². The third kappa shape index (κ3) is 6.52. The first-order chi connectivity index (χ1) is 14.3. The average Bonchev–Trinajstić information content (AvgIpc) is 2.79. The van der Waals surface area contributed by atoms with E-state index in [1.54, 1.807) is 0 Å². The summed E-state index contributed by atoms with van der Waals surface area (Å²) in [5.41, 5.74) is 1.04. The molecule has 2 N–H and O–H groups in total. The van der Waals surface area contributed by atoms with Gasteiger partial charge in [-0.1, -0.05) is 51.0 Å². The Morgan fingerprint density at radius 2 is 1.87 bits per heavy atom. The Balaban J connectivity index is 0.00000320. The lowest BCUT2D eigenvalue weighted by Crippen LogP contribution is -2.53. The van der Waals surface area contributed by atoms with E-state index in [0.717, 1.165) is 44.5 Å². The number of fused-ring (bicyclic) bond motifs is 1. The topological polar surface area (TPSA) is 61.8 Å². The lowest BCUT2D eigenvalue weighted by Gasteiger charge is -2.39. The van der Waals surface area contributed by atoms with Crippen LogP contribution in [0.15, 0.2) is 41.5 Å². The van der Waals surface area contributed by atoms with Gasteiger partial charge in [-0.25, -0.2) is 0 Å². The van der Waals surface area contributed by atoms with Crippen LogP contribution >= 0.6 is 24.0 Å². The molecule has 0 bridgehead atoms. The van der Waals surface area contributed by atoms with Crippen molar-refractivity contribution in [3.63, 3.8) is 0 Å². The summed E-state index contributed by atoms with van der Waals surface area (Å²) < 4.78 is 5.56. The molecule has 7 heteroatoms. The molecule has 0 radical (unpaired) electrons. The van der Waals surface area contributed by atoms with Crippen LogP contribution < -0.4 is 10.6 Å². The molecule has 1 aromatic carbocycles. The third-order valence-electron chi connectivity index (χ3n) is 5.99. The Bertz CT molecular complexity index is 785. The average molecular weight is 525 g/mol. The van der Waals surface area contributed by atoms with Gasteiger partial charge in [-0.3, -0.25) is 14.9 Å². The molecule has 1 saturated heterocycles. The third-order valence-corrected chi connectivity index (χ3v) is 5.99. The summed E-state index contributed by atoms with van der Waals surface area (Å²) in [7, 11) is 1.83. The zero-order valence-corrected chi connectivity index (χ0v) is 20.8. The van der Waals surface area contributed by atoms with Gasteiger partial charge >= 0.3 is 0 Å². The molecule has 2 heterocycles. The molecule has 1 aromatic heterocycles. The molecule has 1 atom stereocenters. The van der Waals surface area contributed by atoms with E-state index in [2.05, 4.69) is 69.7 Å². The van der Waals surface area contributed by atoms with Crippen LogP contribution in [0.2, 0.25) is 0 Å². The van der Waals surface area contributed by atoms with E-state index in [-0.39, 0.29) is 24.0 Å². The zero-order chi connectivity index (χ0) is 20.5. The highest BCUT2D eigenvalue weighted by Crippen LogP contribution is 2.20. The maximum Gasteiger partial charge on any atom is 0.191 e. The Morgan fingerprint density at radius 1 is 1.13 bits per heavy atom. The first-order valence-electron chi connectivity index (χ1n) is 10.9. The van der Waals surface area contributed by atoms with E-state index < -0.39 is 0 Å². The van der Waals surface area contributed by atoms with Gasteiger partial charge in [0.25, 0.3) is 0 Å². The van der Waals surface area contributed by atoms with Crippen LogP contribution in [0.4, 0.5) is 0 Å². The van der Waals surface area contributed by atoms with Crippen molar-refractivity contribution in [2.75, 3.05) is 39.9 Å². The second kappa shape index (κ2) is 13.1. The van der Waals surface area contributed by atoms with Crippen molar-refractivity contribution >= 4 is 40.7 Å². The zero-order valence-electron chi connectivity index (χ0n) is 18.4. The molecule has 1 unspecified atom stereocenters. The monoisotopic (exact) mass is 525 g/mol. The Hall–Kier alpha value is -1.45. The first-order valence-corrected chi connectivity index (χ1v) is 10.9. The van der Waals surface area contributed by atoms with Crippen molar-refractivity contribution in [2.45, 2.75) is 39.3 Å². The normalized spacial score (nSPS) is 16.3. The smallest absolute Gasteiger partial charge is 0.191 e. The largest absolute Gasteiger partial charge is 0.379 e. The maximum atomic E-state index is 5.56. The summed E-state index contributed by atoms with van der Waals surface area (Å²) in [6, 6.07) is 10.9. The number of rotatable bonds is 8. The number of aliphatic imine (C=N–C) groups is 1. The fourth-order valence-electron chi connectivity index (χ4n) is 4.25. The quantitative estimate of drug-likeness (QED) is 0.313. The SMILES string of the molecule is CCC(CC)C(CNC(=NC)NCc1nccc2ccccc12)N1CCOCC1.I. The number of guanidine groups is 1. The van der Waals surface area contributed by atoms with Gasteiger partial charge in [0, 0.05) is 44.3 Å². The number of hydrogen-bond acceptors (Lipinski definition) is 4. The standard InChI is InChI=1S/C23H35N5O.HI/c1-4-18(5-2)22(28-12-14-29-15-13-28)17-27-23(24-3)26-16-21-20-9-7-6-8-19(20)10-11-25-21;/h6-11,18,22H,4-5,12-17H2,1-3H3,(H2,24,26,27);1H. The van der Waals surface area contributed by atoms with E-state index in [0.29, 0.717) is 18.5 Å². The molecule has 30 heavy (non-hydrogen) atoms. The summed E-state index contributed by atoms with van der Waals surface area (Å²) >= 11 is 0. The molecule has 2 aromatic rings. The minimum atomic E-state index is 0. The summed E-state index contributed by atoms with van der Waals surface area (Å²) in [6.45, 7) is 9.79. The lowest BCUT2D eigenvalue weighted by atomic mass is 9.92. The van der Waals surface area contributed by atoms with Crippen molar-refractivity contribution < 1.29 is 4.74 Å². The number of aromatic nitrogens is 1. The summed E-state index contributed by atoms with van der Waals surface area (Å²) in [5.74, 6) is 1.49. The van der Waals surface area contributed by atoms with Crippen molar-refractivity contribution in [1.29, 1.82) is 0 Å². The van der Waals surface area contributed by atoms with Crippen LogP contribution in [-0.4, -0.2) is 61.8 Å². The van der Waals surface area contributed by atoms with Crippen molar-refractivity contribution in [3.8, 4) is 0 Å². The minimum Gasteiger partial charge on any atom is -0.379 e. The van der Waals surface area contributed by atoms with Gasteiger partial charge in [0.15, 0.2) is 5.96 Å². The fraction of sp³-hybridized carbons (Fsp3) is 0.565. The molecule has 1 fully saturated rings. The van der Waals surface area contributed by atoms with Crippen LogP contribution in [0, 0.1) is 5.92 Å². The van der Waals surface area contributed by atoms with Crippen molar-refractivity contribution in [3.05, 3.63) is 42.2 Å². The Kier molecular flexibility index (Phi) is 10.8. The van der Waals surface area contributed by atoms with Gasteiger partial charge in [0.2, 0.25) is 0 Å². The second-order valence-corrected chi connectivity index (χ2v) is 7.58. The molecule has 0 spiro atoms. The number of ether oxygens (including phenoxy) is 1. The molecule has 166 valence electrons. The lowest BCUT2D eigenvalue weighted by molar-refractivity contribution is 0.00272. The van der Waals surface area contributed by atoms with E-state index in [9.17, 15) is 0 Å². The molecule has 0 aliphatic carbocycles. The van der Waals surface area contributed by atoms with Gasteiger partial charge < -0.3 is 15.4 Å². The molecule has 0 amide bonds. The number of halogens is 1. The number of nitrogens with zero attached hydrogens (tertiary/aromatic N) is 3. The summed E-state index contributed by atoms with van der Waals surface area (Å²) in [4.78, 5) is 11.6. The molecule has 6 nitrogen and oxygen atoms in total. The van der Waals surface area contributed by atoms with Crippen LogP contribution in [0.3, 0.4) is 0 Å². The second-order valence-electron chi connectivity index (χ2n) is 7.58. The fourth-order valence-corrected chi connectivity index (χ4v) is 4.25. The van der Waals surface area contributed by atoms with Gasteiger partial charge in [-0.2, -0.15) is 0 Å². The van der Waals surface area contributed by atoms with Crippen LogP contribution in [0.5, 0.6) is 0 Å². The van der Waals surface area contributed by atoms with Crippen LogP contribution in [-0.2, 0) is 11.3 Å². The number of morpholine rings is 1. The highest BCUT2D eigenvalue weighted by atomic mass is 127. The maximum absolute atomic E-state index is 5.56. The minimum absolute atomic E-state index is 0. The molecule has 1 aliphatic rings. The molecule has 0 saturated carbocycles.